The first-order chi connectivity index (χ1) is 41.3. The van der Waals surface area contributed by atoms with Gasteiger partial charge in [0.2, 0.25) is 5.91 Å². The van der Waals surface area contributed by atoms with E-state index in [4.69, 9.17) is 37.9 Å². The van der Waals surface area contributed by atoms with Gasteiger partial charge in [-0.1, -0.05) is 63.2 Å². The molecule has 4 aliphatic rings. The number of piperidine rings is 1. The van der Waals surface area contributed by atoms with Crippen molar-refractivity contribution in [2.24, 2.45) is 17.3 Å². The standard InChI is InChI=1S/C40H69N5O11.C23H36N4.C2H6/c1-34(46)6-13-49-15-17-51-19-21-53-23-25-55-27-28-56-26-24-54-22-20-52-18-16-50-14-12-45-33-38(41-42-45)5-3-4-9-43-10-7-40(8-11-43)29-36(30-40)39(48)44-31-37(32-44)35(2)47;1-17(2)23-25-24-20(5)27(23)19(4)16-22-14-13-18(3)26(22)15-9-12-21-10-7-6-8-11-21;1-2/h33,36-37H,3-32H2,1-2H3;6-8,10-11,17-19,22H,9,12-16H2,1-5H3;1-2H3. The molecule has 1 aromatic carbocycles. The average Bonchev–Trinajstić information content (AvgIpc) is 2.12. The number of carbonyl (C=O) groups excluding carboxylic acids is 3. The molecule has 3 saturated heterocycles. The Morgan fingerprint density at radius 3 is 1.73 bits per heavy atom. The van der Waals surface area contributed by atoms with Gasteiger partial charge in [0.15, 0.2) is 0 Å². The number of aryl methyl sites for hydroxylation is 3. The molecular weight excluding hydrogens is 1080 g/mol. The maximum Gasteiger partial charge on any atom is 0.225 e. The number of ether oxygens (including phenoxy) is 8. The summed E-state index contributed by atoms with van der Waals surface area (Å²) in [6.45, 7) is 32.9. The van der Waals surface area contributed by atoms with Crippen LogP contribution in [0.1, 0.15) is 161 Å². The molecule has 5 heterocycles. The zero-order chi connectivity index (χ0) is 61.1. The number of ketones is 2. The van der Waals surface area contributed by atoms with Crippen LogP contribution in [-0.4, -0.2) is 219 Å². The van der Waals surface area contributed by atoms with Gasteiger partial charge in [0.1, 0.15) is 23.2 Å². The minimum Gasteiger partial charge on any atom is -0.379 e. The van der Waals surface area contributed by atoms with E-state index in [-0.39, 0.29) is 29.3 Å². The largest absolute Gasteiger partial charge is 0.379 e. The first-order valence-corrected chi connectivity index (χ1v) is 32.5. The van der Waals surface area contributed by atoms with E-state index in [1.807, 2.05) is 29.6 Å². The van der Waals surface area contributed by atoms with E-state index in [9.17, 15) is 14.4 Å². The molecule has 7 rings (SSSR count). The summed E-state index contributed by atoms with van der Waals surface area (Å²) in [6, 6.07) is 12.7. The van der Waals surface area contributed by atoms with Gasteiger partial charge in [-0.25, -0.2) is 4.68 Å². The molecule has 0 bridgehead atoms. The number of carbonyl (C=O) groups is 3. The number of hydrogen-bond acceptors (Lipinski definition) is 17. The van der Waals surface area contributed by atoms with Crippen LogP contribution in [0.3, 0.4) is 0 Å². The van der Waals surface area contributed by atoms with Gasteiger partial charge in [0.25, 0.3) is 0 Å². The number of likely N-dealkylation sites (tertiary alicyclic amines) is 3. The summed E-state index contributed by atoms with van der Waals surface area (Å²) < 4.78 is 48.1. The molecule has 0 N–H and O–H groups in total. The lowest BCUT2D eigenvalue weighted by Crippen LogP contribution is -2.58. The fourth-order valence-electron chi connectivity index (χ4n) is 11.9. The van der Waals surface area contributed by atoms with Crippen molar-refractivity contribution < 1.29 is 52.3 Å². The van der Waals surface area contributed by atoms with Gasteiger partial charge in [-0.3, -0.25) is 19.3 Å². The Morgan fingerprint density at radius 2 is 1.19 bits per heavy atom. The van der Waals surface area contributed by atoms with Crippen LogP contribution in [0.5, 0.6) is 0 Å². The molecular formula is C65H111N9O11. The number of amides is 1. The average molecular weight is 1190 g/mol. The quantitative estimate of drug-likeness (QED) is 0.0490. The molecule has 4 fully saturated rings. The molecule has 20 heteroatoms. The Bertz CT molecular complexity index is 2250. The summed E-state index contributed by atoms with van der Waals surface area (Å²) in [7, 11) is 0. The summed E-state index contributed by atoms with van der Waals surface area (Å²) in [6.07, 6.45) is 16.3. The van der Waals surface area contributed by atoms with Gasteiger partial charge < -0.3 is 52.3 Å². The lowest BCUT2D eigenvalue weighted by atomic mass is 9.57. The van der Waals surface area contributed by atoms with Crippen LogP contribution in [-0.2, 0) is 71.7 Å². The maximum atomic E-state index is 12.7. The van der Waals surface area contributed by atoms with Crippen molar-refractivity contribution in [1.82, 2.24) is 44.5 Å². The first kappa shape index (κ1) is 71.7. The van der Waals surface area contributed by atoms with Gasteiger partial charge in [-0.2, -0.15) is 0 Å². The van der Waals surface area contributed by atoms with Crippen molar-refractivity contribution in [3.63, 3.8) is 0 Å². The van der Waals surface area contributed by atoms with Crippen molar-refractivity contribution in [2.75, 3.05) is 145 Å². The molecule has 20 nitrogen and oxygen atoms in total. The normalized spacial score (nSPS) is 18.4. The molecule has 1 spiro atoms. The second-order valence-corrected chi connectivity index (χ2v) is 23.9. The van der Waals surface area contributed by atoms with E-state index < -0.39 is 0 Å². The highest BCUT2D eigenvalue weighted by Crippen LogP contribution is 2.53. The summed E-state index contributed by atoms with van der Waals surface area (Å²) in [5.74, 6) is 3.44. The van der Waals surface area contributed by atoms with Crippen LogP contribution >= 0.6 is 0 Å². The van der Waals surface area contributed by atoms with Crippen LogP contribution in [0.15, 0.2) is 36.5 Å². The van der Waals surface area contributed by atoms with Gasteiger partial charge in [0, 0.05) is 55.7 Å². The van der Waals surface area contributed by atoms with Crippen LogP contribution < -0.4 is 0 Å². The van der Waals surface area contributed by atoms with Crippen LogP contribution in [0.4, 0.5) is 0 Å². The Balaban J connectivity index is 0.000000378. The SMILES string of the molecule is CC.CC(=O)CCOCCOCCOCCOCCOCCOCCOCCOCCn1cc(CCCCN2CCC3(CC2)CC(C(=O)N2CC(C(C)=O)C2)C3)nn1.Cc1nnc(C(C)C)n1C(C)CC1CCC(C)N1CCCc1ccccc1. The zero-order valence-electron chi connectivity index (χ0n) is 53.9. The number of rotatable bonds is 42. The highest BCUT2D eigenvalue weighted by Gasteiger charge is 2.50. The van der Waals surface area contributed by atoms with E-state index in [1.165, 1.54) is 57.1 Å². The van der Waals surface area contributed by atoms with Crippen molar-refractivity contribution in [2.45, 2.75) is 176 Å². The second kappa shape index (κ2) is 41.2. The summed E-state index contributed by atoms with van der Waals surface area (Å²) >= 11 is 0. The van der Waals surface area contributed by atoms with Gasteiger partial charge in [-0.15, -0.1) is 15.3 Å². The molecule has 85 heavy (non-hydrogen) atoms. The third-order valence-electron chi connectivity index (χ3n) is 16.9. The Labute approximate surface area is 510 Å². The topological polar surface area (TPSA) is 196 Å². The van der Waals surface area contributed by atoms with Crippen molar-refractivity contribution in [1.29, 1.82) is 0 Å². The molecule has 3 aromatic rings. The number of benzene rings is 1. The molecule has 482 valence electrons. The Hall–Kier alpha value is -4.09. The molecule has 3 atom stereocenters. The predicted octanol–water partition coefficient (Wildman–Crippen LogP) is 8.43. The Morgan fingerprint density at radius 1 is 0.635 bits per heavy atom. The molecule has 3 aliphatic heterocycles. The monoisotopic (exact) mass is 1190 g/mol. The van der Waals surface area contributed by atoms with Crippen molar-refractivity contribution in [3.8, 4) is 0 Å². The van der Waals surface area contributed by atoms with E-state index in [0.29, 0.717) is 161 Å². The summed E-state index contributed by atoms with van der Waals surface area (Å²) in [4.78, 5) is 42.2. The molecule has 1 amide bonds. The molecule has 1 aliphatic carbocycles. The highest BCUT2D eigenvalue weighted by atomic mass is 16.6. The first-order valence-electron chi connectivity index (χ1n) is 32.5. The van der Waals surface area contributed by atoms with E-state index >= 15 is 0 Å². The number of nitrogens with zero attached hydrogens (tertiary/aromatic N) is 9. The summed E-state index contributed by atoms with van der Waals surface area (Å²) in [5, 5.41) is 17.4. The third-order valence-corrected chi connectivity index (χ3v) is 16.9. The van der Waals surface area contributed by atoms with Gasteiger partial charge in [0.05, 0.1) is 124 Å². The fourth-order valence-corrected chi connectivity index (χ4v) is 11.9. The minimum absolute atomic E-state index is 0.0655. The lowest BCUT2D eigenvalue weighted by molar-refractivity contribution is -0.154. The lowest BCUT2D eigenvalue weighted by Gasteiger charge is -2.53. The predicted molar refractivity (Wildman–Crippen MR) is 330 cm³/mol. The molecule has 3 unspecified atom stereocenters. The Kier molecular flexibility index (Phi) is 34.7. The van der Waals surface area contributed by atoms with Crippen molar-refractivity contribution >= 4 is 17.5 Å². The van der Waals surface area contributed by atoms with Crippen molar-refractivity contribution in [3.05, 3.63) is 59.4 Å². The molecule has 1 saturated carbocycles. The number of Topliss-reactive ketones (excluding diaryl/α,β-unsaturated/α-hetero) is 2. The molecule has 2 aromatic heterocycles. The highest BCUT2D eigenvalue weighted by molar-refractivity contribution is 5.85. The smallest absolute Gasteiger partial charge is 0.225 e. The second-order valence-electron chi connectivity index (χ2n) is 23.9. The van der Waals surface area contributed by atoms with Crippen LogP contribution in [0.2, 0.25) is 0 Å². The van der Waals surface area contributed by atoms with Crippen LogP contribution in [0.25, 0.3) is 0 Å². The number of hydrogen-bond donors (Lipinski definition) is 0. The number of unbranched alkanes of at least 4 members (excludes halogenated alkanes) is 1. The maximum absolute atomic E-state index is 12.7. The van der Waals surface area contributed by atoms with E-state index in [1.54, 1.807) is 13.8 Å². The van der Waals surface area contributed by atoms with Gasteiger partial charge in [-0.05, 0) is 149 Å². The fraction of sp³-hybridized carbons (Fsp3) is 0.800. The third kappa shape index (κ3) is 26.7. The number of aromatic nitrogens is 6. The minimum atomic E-state index is 0.0655. The van der Waals surface area contributed by atoms with Gasteiger partial charge >= 0.3 is 0 Å². The van der Waals surface area contributed by atoms with E-state index in [0.717, 1.165) is 69.1 Å². The summed E-state index contributed by atoms with van der Waals surface area (Å²) in [5.41, 5.74) is 2.85. The zero-order valence-corrected chi connectivity index (χ0v) is 53.9. The molecule has 0 radical (unpaired) electrons. The van der Waals surface area contributed by atoms with E-state index in [2.05, 4.69) is 99.8 Å². The van der Waals surface area contributed by atoms with Crippen LogP contribution in [0, 0.1) is 24.2 Å².